The number of rotatable bonds is 4. The number of benzene rings is 6. The maximum Gasteiger partial charge on any atom is 0.171 e. The van der Waals surface area contributed by atoms with Gasteiger partial charge in [-0.2, -0.15) is 0 Å². The van der Waals surface area contributed by atoms with E-state index in [1.807, 2.05) is 66.7 Å². The van der Waals surface area contributed by atoms with Gasteiger partial charge in [0.2, 0.25) is 0 Å². The Morgan fingerprint density at radius 1 is 0.353 bits per heavy atom. The molecule has 0 fully saturated rings. The first-order chi connectivity index (χ1) is 16.7. The highest BCUT2D eigenvalue weighted by Crippen LogP contribution is 2.44. The van der Waals surface area contributed by atoms with Crippen molar-refractivity contribution >= 4 is 44.6 Å². The Balaban J connectivity index is 1.56. The van der Waals surface area contributed by atoms with Gasteiger partial charge in [0.15, 0.2) is 7.14 Å². The van der Waals surface area contributed by atoms with Crippen LogP contribution in [0, 0.1) is 0 Å². The zero-order valence-corrected chi connectivity index (χ0v) is 19.5. The summed E-state index contributed by atoms with van der Waals surface area (Å²) in [5, 5.41) is 7.05. The molecule has 0 atom stereocenters. The molecule has 0 N–H and O–H groups in total. The Morgan fingerprint density at radius 3 is 1.29 bits per heavy atom. The highest BCUT2D eigenvalue weighted by Gasteiger charge is 2.30. The minimum absolute atomic E-state index is 0.845. The zero-order chi connectivity index (χ0) is 23.0. The maximum atomic E-state index is 15.2. The molecule has 6 aromatic carbocycles. The highest BCUT2D eigenvalue weighted by atomic mass is 31.2. The van der Waals surface area contributed by atoms with Crippen LogP contribution in [0.15, 0.2) is 140 Å². The predicted octanol–water partition coefficient (Wildman–Crippen LogP) is 7.30. The molecule has 6 aromatic rings. The Bertz CT molecular complexity index is 1580. The van der Waals surface area contributed by atoms with Crippen molar-refractivity contribution in [3.8, 4) is 11.1 Å². The molecule has 34 heavy (non-hydrogen) atoms. The van der Waals surface area contributed by atoms with E-state index in [4.69, 9.17) is 0 Å². The summed E-state index contributed by atoms with van der Waals surface area (Å²) < 4.78 is 15.2. The molecular weight excluding hydrogens is 431 g/mol. The van der Waals surface area contributed by atoms with Crippen LogP contribution < -0.4 is 15.9 Å². The third-order valence-corrected chi connectivity index (χ3v) is 9.57. The summed E-state index contributed by atoms with van der Waals surface area (Å²) >= 11 is 0. The van der Waals surface area contributed by atoms with Crippen molar-refractivity contribution in [1.82, 2.24) is 0 Å². The molecule has 0 radical (unpaired) electrons. The van der Waals surface area contributed by atoms with Crippen molar-refractivity contribution in [2.45, 2.75) is 0 Å². The van der Waals surface area contributed by atoms with Crippen LogP contribution in [0.3, 0.4) is 0 Å². The largest absolute Gasteiger partial charge is 0.309 e. The number of hydrogen-bond donors (Lipinski definition) is 0. The molecule has 0 heterocycles. The summed E-state index contributed by atoms with van der Waals surface area (Å²) in [5.74, 6) is 0. The molecule has 0 bridgehead atoms. The molecule has 1 nitrogen and oxygen atoms in total. The van der Waals surface area contributed by atoms with Crippen molar-refractivity contribution < 1.29 is 4.57 Å². The molecule has 0 saturated carbocycles. The predicted molar refractivity (Wildman–Crippen MR) is 146 cm³/mol. The van der Waals surface area contributed by atoms with Gasteiger partial charge in [-0.25, -0.2) is 0 Å². The molecule has 0 aromatic heterocycles. The summed E-state index contributed by atoms with van der Waals surface area (Å²) in [6, 6.07) is 47.4. The zero-order valence-electron chi connectivity index (χ0n) is 18.6. The molecule has 0 aliphatic carbocycles. The lowest BCUT2D eigenvalue weighted by atomic mass is 10.1. The Hall–Kier alpha value is -3.93. The van der Waals surface area contributed by atoms with E-state index in [0.29, 0.717) is 0 Å². The number of hydrogen-bond acceptors (Lipinski definition) is 1. The second-order valence-electron chi connectivity index (χ2n) is 8.59. The van der Waals surface area contributed by atoms with E-state index in [-0.39, 0.29) is 0 Å². The van der Waals surface area contributed by atoms with Crippen LogP contribution >= 0.6 is 7.14 Å². The molecule has 6 rings (SSSR count). The van der Waals surface area contributed by atoms with Gasteiger partial charge >= 0.3 is 0 Å². The molecule has 0 amide bonds. The third kappa shape index (κ3) is 3.55. The molecule has 2 heteroatoms. The van der Waals surface area contributed by atoms with Gasteiger partial charge in [-0.3, -0.25) is 0 Å². The van der Waals surface area contributed by atoms with Crippen molar-refractivity contribution in [1.29, 1.82) is 0 Å². The van der Waals surface area contributed by atoms with Gasteiger partial charge < -0.3 is 4.57 Å². The molecule has 0 aliphatic heterocycles. The van der Waals surface area contributed by atoms with Crippen LogP contribution in [0.25, 0.3) is 32.7 Å². The second-order valence-corrected chi connectivity index (χ2v) is 11.4. The van der Waals surface area contributed by atoms with E-state index >= 15 is 4.57 Å². The lowest BCUT2D eigenvalue weighted by Crippen LogP contribution is -2.25. The first-order valence-electron chi connectivity index (χ1n) is 11.5. The van der Waals surface area contributed by atoms with E-state index in [0.717, 1.165) is 48.6 Å². The average molecular weight is 455 g/mol. The lowest BCUT2D eigenvalue weighted by Gasteiger charge is -2.21. The topological polar surface area (TPSA) is 17.1 Å². The van der Waals surface area contributed by atoms with Crippen LogP contribution in [0.2, 0.25) is 0 Å². The molecule has 0 spiro atoms. The van der Waals surface area contributed by atoms with Gasteiger partial charge in [0.05, 0.1) is 0 Å². The normalized spacial score (nSPS) is 11.6. The van der Waals surface area contributed by atoms with Crippen molar-refractivity contribution in [3.05, 3.63) is 140 Å². The highest BCUT2D eigenvalue weighted by molar-refractivity contribution is 7.85. The van der Waals surface area contributed by atoms with Crippen LogP contribution in [0.1, 0.15) is 0 Å². The summed E-state index contributed by atoms with van der Waals surface area (Å²) in [4.78, 5) is 0. The SMILES string of the molecule is O=P(c1ccc(-c2ccccc2)cc1)(c1ccc2ccccc2c1)c1ccc2ccccc2c1. The van der Waals surface area contributed by atoms with Crippen LogP contribution in [-0.4, -0.2) is 0 Å². The Labute approximate surface area is 199 Å². The fourth-order valence-electron chi connectivity index (χ4n) is 4.69. The lowest BCUT2D eigenvalue weighted by molar-refractivity contribution is 0.592. The fourth-order valence-corrected chi connectivity index (χ4v) is 7.36. The monoisotopic (exact) mass is 454 g/mol. The fraction of sp³-hybridized carbons (Fsp3) is 0. The van der Waals surface area contributed by atoms with E-state index in [9.17, 15) is 0 Å². The minimum atomic E-state index is -3.10. The summed E-state index contributed by atoms with van der Waals surface area (Å²) in [5.41, 5.74) is 2.27. The summed E-state index contributed by atoms with van der Waals surface area (Å²) in [7, 11) is -3.10. The average Bonchev–Trinajstić information content (AvgIpc) is 2.92. The minimum Gasteiger partial charge on any atom is -0.309 e. The van der Waals surface area contributed by atoms with Gasteiger partial charge in [-0.05, 0) is 44.8 Å². The third-order valence-electron chi connectivity index (χ3n) is 6.53. The first-order valence-corrected chi connectivity index (χ1v) is 13.2. The van der Waals surface area contributed by atoms with Crippen molar-refractivity contribution in [2.75, 3.05) is 0 Å². The quantitative estimate of drug-likeness (QED) is 0.256. The molecular formula is C32H23OP. The molecule has 0 unspecified atom stereocenters. The summed E-state index contributed by atoms with van der Waals surface area (Å²) in [6.45, 7) is 0. The van der Waals surface area contributed by atoms with Crippen LogP contribution in [0.4, 0.5) is 0 Å². The van der Waals surface area contributed by atoms with Crippen LogP contribution in [0.5, 0.6) is 0 Å². The van der Waals surface area contributed by atoms with Crippen molar-refractivity contribution in [2.24, 2.45) is 0 Å². The Morgan fingerprint density at radius 2 is 0.765 bits per heavy atom. The first kappa shape index (κ1) is 20.7. The Kier molecular flexibility index (Phi) is 5.13. The molecule has 0 aliphatic rings. The van der Waals surface area contributed by atoms with Crippen molar-refractivity contribution in [3.63, 3.8) is 0 Å². The maximum absolute atomic E-state index is 15.2. The van der Waals surface area contributed by atoms with Gasteiger partial charge in [-0.15, -0.1) is 0 Å². The van der Waals surface area contributed by atoms with Gasteiger partial charge in [0.25, 0.3) is 0 Å². The van der Waals surface area contributed by atoms with Gasteiger partial charge in [0, 0.05) is 15.9 Å². The van der Waals surface area contributed by atoms with E-state index in [1.54, 1.807) is 0 Å². The van der Waals surface area contributed by atoms with E-state index < -0.39 is 7.14 Å². The summed E-state index contributed by atoms with van der Waals surface area (Å²) in [6.07, 6.45) is 0. The van der Waals surface area contributed by atoms with Gasteiger partial charge in [-0.1, -0.05) is 127 Å². The second kappa shape index (κ2) is 8.45. The number of fused-ring (bicyclic) bond motifs is 2. The molecule has 162 valence electrons. The van der Waals surface area contributed by atoms with Gasteiger partial charge in [0.1, 0.15) is 0 Å². The van der Waals surface area contributed by atoms with E-state index in [1.165, 1.54) is 0 Å². The standard InChI is InChI=1S/C32H23OP/c33-34(31-20-16-25-10-4-6-12-28(25)22-31,32-21-17-26-11-5-7-13-29(26)23-32)30-18-14-27(15-19-30)24-8-2-1-3-9-24/h1-23H. The van der Waals surface area contributed by atoms with E-state index in [2.05, 4.69) is 72.8 Å². The van der Waals surface area contributed by atoms with Crippen LogP contribution in [-0.2, 0) is 4.57 Å². The smallest absolute Gasteiger partial charge is 0.171 e. The molecule has 0 saturated heterocycles.